The van der Waals surface area contributed by atoms with Crippen LogP contribution in [0.15, 0.2) is 24.5 Å². The lowest BCUT2D eigenvalue weighted by Gasteiger charge is -2.32. The van der Waals surface area contributed by atoms with E-state index in [0.717, 1.165) is 11.8 Å². The molecule has 1 N–H and O–H groups in total. The quantitative estimate of drug-likeness (QED) is 0.434. The molecular formula is C23H26F3N8O5S-. The van der Waals surface area contributed by atoms with E-state index in [0.29, 0.717) is 76.4 Å². The first kappa shape index (κ1) is 28.0. The summed E-state index contributed by atoms with van der Waals surface area (Å²) >= 11 is 0. The maximum Gasteiger partial charge on any atom is 0.417 e. The van der Waals surface area contributed by atoms with Gasteiger partial charge in [-0.25, -0.2) is 22.9 Å². The van der Waals surface area contributed by atoms with Crippen LogP contribution in [0, 0.1) is 0 Å². The predicted molar refractivity (Wildman–Crippen MR) is 135 cm³/mol. The molecule has 5 rings (SSSR count). The number of carbonyl (C=O) groups excluding carboxylic acids is 1. The van der Waals surface area contributed by atoms with Crippen LogP contribution in [0.1, 0.15) is 11.1 Å². The molecule has 0 saturated carbocycles. The zero-order chi connectivity index (χ0) is 28.7. The van der Waals surface area contributed by atoms with Crippen LogP contribution >= 0.6 is 0 Å². The Hall–Kier alpha value is -3.54. The van der Waals surface area contributed by atoms with Gasteiger partial charge in [0.05, 0.1) is 30.6 Å². The van der Waals surface area contributed by atoms with E-state index in [1.54, 1.807) is 11.5 Å². The number of nitrogens with one attached hydrogen (secondary N) is 1. The Labute approximate surface area is 227 Å². The van der Waals surface area contributed by atoms with Crippen molar-refractivity contribution in [3.63, 3.8) is 0 Å². The van der Waals surface area contributed by atoms with Gasteiger partial charge in [0.1, 0.15) is 17.4 Å². The van der Waals surface area contributed by atoms with Crippen molar-refractivity contribution in [1.29, 1.82) is 0 Å². The van der Waals surface area contributed by atoms with Crippen LogP contribution < -0.4 is 15.3 Å². The monoisotopic (exact) mass is 583 g/mol. The number of aromatic nitrogens is 4. The second-order valence-electron chi connectivity index (χ2n) is 9.50. The normalized spacial score (nSPS) is 17.9. The zero-order valence-electron chi connectivity index (χ0n) is 21.4. The summed E-state index contributed by atoms with van der Waals surface area (Å²) in [6, 6.07) is 2.44. The molecule has 0 bridgehead atoms. The molecular weight excluding hydrogens is 557 g/mol. The third-order valence-electron chi connectivity index (χ3n) is 6.70. The highest BCUT2D eigenvalue weighted by atomic mass is 32.2. The Balaban J connectivity index is 1.53. The van der Waals surface area contributed by atoms with Crippen molar-refractivity contribution in [2.45, 2.75) is 12.7 Å². The number of amides is 1. The van der Waals surface area contributed by atoms with E-state index in [1.165, 1.54) is 15.1 Å². The number of rotatable bonds is 6. The van der Waals surface area contributed by atoms with Crippen LogP contribution in [0.3, 0.4) is 0 Å². The number of pyridine rings is 1. The molecule has 0 radical (unpaired) electrons. The van der Waals surface area contributed by atoms with Crippen LogP contribution in [0.25, 0.3) is 16.9 Å². The Bertz CT molecular complexity index is 1520. The standard InChI is InChI=1S/C23H27F3N8O5S/c1-40(37,38)33-4-2-31(3-5-33)13-15-10-18-21(32-6-8-39-9-7-32)29-20(30-34(18)14-15)16-12-27-19(28-22(35)36)11-17(16)23(24,25)26/h10-12,14H,2-9,13H2,1H3,(H,27,28)(H,35,36)/p-1. The van der Waals surface area contributed by atoms with E-state index in [9.17, 15) is 31.5 Å². The molecule has 2 aliphatic heterocycles. The number of piperazine rings is 1. The zero-order valence-corrected chi connectivity index (χ0v) is 22.2. The van der Waals surface area contributed by atoms with Gasteiger partial charge in [0, 0.05) is 58.2 Å². The molecule has 3 aromatic rings. The van der Waals surface area contributed by atoms with Crippen molar-refractivity contribution in [3.05, 3.63) is 35.7 Å². The van der Waals surface area contributed by atoms with E-state index in [2.05, 4.69) is 20.0 Å². The second kappa shape index (κ2) is 10.8. The first-order chi connectivity index (χ1) is 18.9. The Morgan fingerprint density at radius 3 is 2.45 bits per heavy atom. The van der Waals surface area contributed by atoms with E-state index < -0.39 is 39.2 Å². The molecule has 216 valence electrons. The highest BCUT2D eigenvalue weighted by Gasteiger charge is 2.36. The average Bonchev–Trinajstić information content (AvgIpc) is 3.30. The minimum absolute atomic E-state index is 0.238. The number of hydrogen-bond acceptors (Lipinski definition) is 10. The summed E-state index contributed by atoms with van der Waals surface area (Å²) < 4.78 is 74.1. The number of sulfonamides is 1. The smallest absolute Gasteiger partial charge is 0.417 e. The van der Waals surface area contributed by atoms with E-state index in [1.807, 2.05) is 11.0 Å². The van der Waals surface area contributed by atoms with Crippen molar-refractivity contribution in [2.75, 3.05) is 69.0 Å². The molecule has 17 heteroatoms. The Morgan fingerprint density at radius 2 is 1.82 bits per heavy atom. The minimum Gasteiger partial charge on any atom is -0.530 e. The van der Waals surface area contributed by atoms with Gasteiger partial charge in [-0.15, -0.1) is 5.10 Å². The lowest BCUT2D eigenvalue weighted by atomic mass is 10.1. The van der Waals surface area contributed by atoms with Crippen LogP contribution in [0.5, 0.6) is 0 Å². The minimum atomic E-state index is -4.85. The topological polar surface area (TPSA) is 148 Å². The number of halogens is 3. The van der Waals surface area contributed by atoms with Crippen LogP contribution in [0.4, 0.5) is 29.6 Å². The lowest BCUT2D eigenvalue weighted by molar-refractivity contribution is -0.242. The molecule has 1 amide bonds. The van der Waals surface area contributed by atoms with Crippen LogP contribution in [0.2, 0.25) is 0 Å². The first-order valence-corrected chi connectivity index (χ1v) is 14.2. The van der Waals surface area contributed by atoms with Crippen LogP contribution in [-0.4, -0.2) is 102 Å². The fraction of sp³-hybridized carbons (Fsp3) is 0.478. The molecule has 2 fully saturated rings. The van der Waals surface area contributed by atoms with Crippen molar-refractivity contribution >= 4 is 33.3 Å². The fourth-order valence-corrected chi connectivity index (χ4v) is 5.59. The molecule has 0 aliphatic carbocycles. The number of anilines is 2. The van der Waals surface area contributed by atoms with Gasteiger partial charge in [0.15, 0.2) is 11.6 Å². The second-order valence-corrected chi connectivity index (χ2v) is 11.5. The molecule has 13 nitrogen and oxygen atoms in total. The molecule has 0 spiro atoms. The Kier molecular flexibility index (Phi) is 7.56. The third-order valence-corrected chi connectivity index (χ3v) is 8.00. The van der Waals surface area contributed by atoms with Crippen molar-refractivity contribution in [1.82, 2.24) is 28.8 Å². The molecule has 0 atom stereocenters. The van der Waals surface area contributed by atoms with Crippen LogP contribution in [-0.2, 0) is 27.5 Å². The third kappa shape index (κ3) is 6.11. The molecule has 2 saturated heterocycles. The van der Waals surface area contributed by atoms with Gasteiger partial charge >= 0.3 is 6.18 Å². The first-order valence-electron chi connectivity index (χ1n) is 12.3. The summed E-state index contributed by atoms with van der Waals surface area (Å²) in [4.78, 5) is 23.1. The maximum atomic E-state index is 14.0. The molecule has 2 aliphatic rings. The van der Waals surface area contributed by atoms with E-state index in [-0.39, 0.29) is 5.82 Å². The average molecular weight is 584 g/mol. The summed E-state index contributed by atoms with van der Waals surface area (Å²) in [5, 5.41) is 16.9. The highest BCUT2D eigenvalue weighted by molar-refractivity contribution is 7.88. The van der Waals surface area contributed by atoms with E-state index in [4.69, 9.17) is 4.74 Å². The summed E-state index contributed by atoms with van der Waals surface area (Å²) in [6.45, 7) is 4.05. The van der Waals surface area contributed by atoms with Gasteiger partial charge in [-0.2, -0.15) is 17.5 Å². The predicted octanol–water partition coefficient (Wildman–Crippen LogP) is 0.479. The summed E-state index contributed by atoms with van der Waals surface area (Å²) in [5.41, 5.74) is -0.154. The number of ether oxygens (including phenoxy) is 1. The molecule has 5 heterocycles. The van der Waals surface area contributed by atoms with Crippen molar-refractivity contribution in [2.24, 2.45) is 0 Å². The van der Waals surface area contributed by atoms with Gasteiger partial charge in [-0.1, -0.05) is 0 Å². The Morgan fingerprint density at radius 1 is 1.12 bits per heavy atom. The maximum absolute atomic E-state index is 14.0. The van der Waals surface area contributed by atoms with Crippen molar-refractivity contribution in [3.8, 4) is 11.4 Å². The largest absolute Gasteiger partial charge is 0.530 e. The molecule has 0 aromatic carbocycles. The number of nitrogens with zero attached hydrogens (tertiary/aromatic N) is 7. The van der Waals surface area contributed by atoms with Gasteiger partial charge in [-0.3, -0.25) is 4.90 Å². The van der Waals surface area contributed by atoms with E-state index >= 15 is 0 Å². The summed E-state index contributed by atoms with van der Waals surface area (Å²) in [5.74, 6) is -0.353. The number of fused-ring (bicyclic) bond motifs is 1. The fourth-order valence-electron chi connectivity index (χ4n) is 4.76. The molecule has 0 unspecified atom stereocenters. The number of carboxylic acid groups (broad SMARTS) is 1. The number of hydrogen-bond donors (Lipinski definition) is 1. The number of carbonyl (C=O) groups is 1. The molecule has 3 aromatic heterocycles. The highest BCUT2D eigenvalue weighted by Crippen LogP contribution is 2.37. The summed E-state index contributed by atoms with van der Waals surface area (Å²) in [6.07, 6.45) is -2.88. The number of alkyl halides is 3. The van der Waals surface area contributed by atoms with Gasteiger partial charge in [-0.05, 0) is 17.7 Å². The lowest BCUT2D eigenvalue weighted by Crippen LogP contribution is -2.47. The van der Waals surface area contributed by atoms with Gasteiger partial charge in [0.2, 0.25) is 10.0 Å². The van der Waals surface area contributed by atoms with Gasteiger partial charge < -0.3 is 24.9 Å². The number of morpholine rings is 1. The molecule has 40 heavy (non-hydrogen) atoms. The summed E-state index contributed by atoms with van der Waals surface area (Å²) in [7, 11) is -3.27. The SMILES string of the molecule is CS(=O)(=O)N1CCN(Cc2cc3c(N4CCOCC4)nc(-c4cnc(NC(=O)[O-])cc4C(F)(F)F)nn3c2)CC1. The van der Waals surface area contributed by atoms with Crippen molar-refractivity contribution < 1.29 is 36.2 Å². The van der Waals surface area contributed by atoms with Gasteiger partial charge in [0.25, 0.3) is 0 Å².